The molecule has 92 valence electrons. The van der Waals surface area contributed by atoms with Gasteiger partial charge in [0.2, 0.25) is 0 Å². The number of aryl methyl sites for hydroxylation is 2. The van der Waals surface area contributed by atoms with Crippen LogP contribution in [0.2, 0.25) is 0 Å². The first-order valence-corrected chi connectivity index (χ1v) is 5.99. The van der Waals surface area contributed by atoms with Crippen LogP contribution < -0.4 is 0 Å². The molecule has 0 radical (unpaired) electrons. The molecule has 0 heterocycles. The number of halogens is 1. The predicted octanol–water partition coefficient (Wildman–Crippen LogP) is 3.95. The van der Waals surface area contributed by atoms with E-state index in [0.717, 1.165) is 5.56 Å². The van der Waals surface area contributed by atoms with E-state index in [-0.39, 0.29) is 11.6 Å². The minimum Gasteiger partial charge on any atom is -0.294 e. The van der Waals surface area contributed by atoms with Crippen molar-refractivity contribution in [2.24, 2.45) is 0 Å². The first-order valence-electron chi connectivity index (χ1n) is 5.99. The molecule has 18 heavy (non-hydrogen) atoms. The molecule has 0 atom stereocenters. The zero-order valence-corrected chi connectivity index (χ0v) is 10.3. The molecule has 0 saturated heterocycles. The number of rotatable bonds is 4. The summed E-state index contributed by atoms with van der Waals surface area (Å²) in [6.45, 7) is 2.03. The SMILES string of the molecule is Cc1cccc(CCC(=O)c2cccc(F)c2)c1. The largest absolute Gasteiger partial charge is 0.294 e. The molecule has 0 N–H and O–H groups in total. The number of benzene rings is 2. The lowest BCUT2D eigenvalue weighted by molar-refractivity contribution is 0.0982. The van der Waals surface area contributed by atoms with E-state index in [0.29, 0.717) is 18.4 Å². The Bertz CT molecular complexity index is 561. The Morgan fingerprint density at radius 3 is 2.61 bits per heavy atom. The van der Waals surface area contributed by atoms with Crippen molar-refractivity contribution in [3.05, 3.63) is 71.0 Å². The summed E-state index contributed by atoms with van der Waals surface area (Å²) in [7, 11) is 0. The Balaban J connectivity index is 2.00. The second kappa shape index (κ2) is 5.58. The van der Waals surface area contributed by atoms with Crippen LogP contribution in [0.25, 0.3) is 0 Å². The lowest BCUT2D eigenvalue weighted by Gasteiger charge is -2.03. The number of hydrogen-bond donors (Lipinski definition) is 0. The Morgan fingerprint density at radius 1 is 1.11 bits per heavy atom. The van der Waals surface area contributed by atoms with E-state index in [1.165, 1.54) is 17.7 Å². The summed E-state index contributed by atoms with van der Waals surface area (Å²) < 4.78 is 13.0. The first kappa shape index (κ1) is 12.5. The van der Waals surface area contributed by atoms with E-state index in [1.807, 2.05) is 25.1 Å². The van der Waals surface area contributed by atoms with Gasteiger partial charge in [-0.25, -0.2) is 4.39 Å². The second-order valence-electron chi connectivity index (χ2n) is 4.42. The molecule has 1 nitrogen and oxygen atoms in total. The molecule has 0 bridgehead atoms. The van der Waals surface area contributed by atoms with Crippen molar-refractivity contribution in [2.75, 3.05) is 0 Å². The zero-order valence-electron chi connectivity index (χ0n) is 10.3. The van der Waals surface area contributed by atoms with Crippen LogP contribution in [0, 0.1) is 12.7 Å². The summed E-state index contributed by atoms with van der Waals surface area (Å²) >= 11 is 0. The fraction of sp³-hybridized carbons (Fsp3) is 0.188. The lowest BCUT2D eigenvalue weighted by atomic mass is 10.0. The molecule has 0 aromatic heterocycles. The lowest BCUT2D eigenvalue weighted by Crippen LogP contribution is -2.01. The molecule has 0 amide bonds. The van der Waals surface area contributed by atoms with Gasteiger partial charge in [0.15, 0.2) is 5.78 Å². The molecule has 0 fully saturated rings. The van der Waals surface area contributed by atoms with Crippen molar-refractivity contribution >= 4 is 5.78 Å². The molecule has 2 heteroatoms. The average molecular weight is 242 g/mol. The van der Waals surface area contributed by atoms with Crippen LogP contribution in [0.1, 0.15) is 27.9 Å². The van der Waals surface area contributed by atoms with Gasteiger partial charge in [0.1, 0.15) is 5.82 Å². The van der Waals surface area contributed by atoms with E-state index < -0.39 is 0 Å². The second-order valence-corrected chi connectivity index (χ2v) is 4.42. The van der Waals surface area contributed by atoms with Crippen LogP contribution in [-0.4, -0.2) is 5.78 Å². The van der Waals surface area contributed by atoms with E-state index in [2.05, 4.69) is 6.07 Å². The van der Waals surface area contributed by atoms with E-state index in [1.54, 1.807) is 12.1 Å². The third-order valence-corrected chi connectivity index (χ3v) is 2.87. The molecule has 0 aliphatic heterocycles. The normalized spacial score (nSPS) is 10.3. The Labute approximate surface area is 106 Å². The van der Waals surface area contributed by atoms with Gasteiger partial charge in [-0.1, -0.05) is 42.0 Å². The van der Waals surface area contributed by atoms with Crippen molar-refractivity contribution in [3.63, 3.8) is 0 Å². The van der Waals surface area contributed by atoms with Crippen molar-refractivity contribution in [3.8, 4) is 0 Å². The molecule has 2 aromatic carbocycles. The third kappa shape index (κ3) is 3.27. The topological polar surface area (TPSA) is 17.1 Å². The molecular weight excluding hydrogens is 227 g/mol. The maximum absolute atomic E-state index is 13.0. The predicted molar refractivity (Wildman–Crippen MR) is 70.2 cm³/mol. The number of carbonyl (C=O) groups is 1. The monoisotopic (exact) mass is 242 g/mol. The number of ketones is 1. The van der Waals surface area contributed by atoms with Gasteiger partial charge in [-0.3, -0.25) is 4.79 Å². The Kier molecular flexibility index (Phi) is 3.88. The van der Waals surface area contributed by atoms with Gasteiger partial charge < -0.3 is 0 Å². The van der Waals surface area contributed by atoms with Crippen LogP contribution in [0.5, 0.6) is 0 Å². The minimum atomic E-state index is -0.364. The standard InChI is InChI=1S/C16H15FO/c1-12-4-2-5-13(10-12)8-9-16(18)14-6-3-7-15(17)11-14/h2-7,10-11H,8-9H2,1H3. The third-order valence-electron chi connectivity index (χ3n) is 2.87. The molecule has 0 saturated carbocycles. The molecule has 2 rings (SSSR count). The van der Waals surface area contributed by atoms with E-state index in [9.17, 15) is 9.18 Å². The Hall–Kier alpha value is -1.96. The zero-order chi connectivity index (χ0) is 13.0. The summed E-state index contributed by atoms with van der Waals surface area (Å²) in [5.74, 6) is -0.382. The highest BCUT2D eigenvalue weighted by Crippen LogP contribution is 2.11. The molecule has 0 aliphatic carbocycles. The first-order chi connectivity index (χ1) is 8.65. The molecule has 2 aromatic rings. The van der Waals surface area contributed by atoms with E-state index in [4.69, 9.17) is 0 Å². The van der Waals surface area contributed by atoms with Crippen molar-refractivity contribution in [1.82, 2.24) is 0 Å². The maximum Gasteiger partial charge on any atom is 0.163 e. The summed E-state index contributed by atoms with van der Waals surface area (Å²) in [4.78, 5) is 11.9. The van der Waals surface area contributed by atoms with Gasteiger partial charge in [-0.15, -0.1) is 0 Å². The van der Waals surface area contributed by atoms with Gasteiger partial charge in [-0.05, 0) is 31.0 Å². The van der Waals surface area contributed by atoms with Crippen molar-refractivity contribution < 1.29 is 9.18 Å². The quantitative estimate of drug-likeness (QED) is 0.742. The van der Waals surface area contributed by atoms with Gasteiger partial charge in [0.05, 0.1) is 0 Å². The van der Waals surface area contributed by atoms with Crippen LogP contribution in [0.4, 0.5) is 4.39 Å². The fourth-order valence-corrected chi connectivity index (χ4v) is 1.93. The van der Waals surface area contributed by atoms with E-state index >= 15 is 0 Å². The summed E-state index contributed by atoms with van der Waals surface area (Å²) in [6, 6.07) is 13.9. The van der Waals surface area contributed by atoms with Crippen LogP contribution >= 0.6 is 0 Å². The summed E-state index contributed by atoms with van der Waals surface area (Å²) in [6.07, 6.45) is 1.10. The van der Waals surface area contributed by atoms with Gasteiger partial charge >= 0.3 is 0 Å². The van der Waals surface area contributed by atoms with Crippen molar-refractivity contribution in [2.45, 2.75) is 19.8 Å². The number of hydrogen-bond acceptors (Lipinski definition) is 1. The molecule has 0 aliphatic rings. The van der Waals surface area contributed by atoms with Gasteiger partial charge in [0.25, 0.3) is 0 Å². The minimum absolute atomic E-state index is 0.0176. The average Bonchev–Trinajstić information content (AvgIpc) is 2.36. The van der Waals surface area contributed by atoms with Gasteiger partial charge in [-0.2, -0.15) is 0 Å². The smallest absolute Gasteiger partial charge is 0.163 e. The maximum atomic E-state index is 13.0. The highest BCUT2D eigenvalue weighted by Gasteiger charge is 2.07. The fourth-order valence-electron chi connectivity index (χ4n) is 1.93. The number of Topliss-reactive ketones (excluding diaryl/α,β-unsaturated/α-hetero) is 1. The van der Waals surface area contributed by atoms with Crippen LogP contribution in [-0.2, 0) is 6.42 Å². The molecule has 0 unspecified atom stereocenters. The highest BCUT2D eigenvalue weighted by molar-refractivity contribution is 5.96. The summed E-state index contributed by atoms with van der Waals surface area (Å²) in [5, 5.41) is 0. The van der Waals surface area contributed by atoms with Crippen LogP contribution in [0.15, 0.2) is 48.5 Å². The van der Waals surface area contributed by atoms with Gasteiger partial charge in [0, 0.05) is 12.0 Å². The molecular formula is C16H15FO. The molecule has 0 spiro atoms. The highest BCUT2D eigenvalue weighted by atomic mass is 19.1. The Morgan fingerprint density at radius 2 is 1.89 bits per heavy atom. The number of carbonyl (C=O) groups excluding carboxylic acids is 1. The summed E-state index contributed by atoms with van der Waals surface area (Å²) in [5.41, 5.74) is 2.77. The van der Waals surface area contributed by atoms with Crippen LogP contribution in [0.3, 0.4) is 0 Å². The van der Waals surface area contributed by atoms with Crippen molar-refractivity contribution in [1.29, 1.82) is 0 Å².